The first-order chi connectivity index (χ1) is 10.9. The lowest BCUT2D eigenvalue weighted by Crippen LogP contribution is -2.29. The number of hydrogen-bond donors (Lipinski definition) is 1. The number of methoxy groups -OCH3 is 1. The highest BCUT2D eigenvalue weighted by Gasteiger charge is 2.33. The highest BCUT2D eigenvalue weighted by Crippen LogP contribution is 2.35. The molecule has 0 saturated heterocycles. The zero-order chi connectivity index (χ0) is 16.6. The van der Waals surface area contributed by atoms with Crippen LogP contribution >= 0.6 is 0 Å². The van der Waals surface area contributed by atoms with E-state index < -0.39 is 0 Å². The molecule has 0 aliphatic heterocycles. The van der Waals surface area contributed by atoms with E-state index >= 15 is 0 Å². The second-order valence-corrected chi connectivity index (χ2v) is 6.75. The van der Waals surface area contributed by atoms with Crippen LogP contribution in [0.3, 0.4) is 0 Å². The van der Waals surface area contributed by atoms with Crippen molar-refractivity contribution in [2.75, 3.05) is 12.4 Å². The van der Waals surface area contributed by atoms with Crippen molar-refractivity contribution in [1.29, 1.82) is 0 Å². The van der Waals surface area contributed by atoms with Crippen molar-refractivity contribution in [2.24, 2.45) is 5.41 Å². The number of benzene rings is 1. The van der Waals surface area contributed by atoms with Crippen molar-refractivity contribution < 1.29 is 9.53 Å². The zero-order valence-electron chi connectivity index (χ0n) is 13.9. The quantitative estimate of drug-likeness (QED) is 0.936. The smallest absolute Gasteiger partial charge is 0.227 e. The van der Waals surface area contributed by atoms with Crippen LogP contribution in [-0.2, 0) is 6.42 Å². The maximum Gasteiger partial charge on any atom is 0.227 e. The third-order valence-corrected chi connectivity index (χ3v) is 4.07. The summed E-state index contributed by atoms with van der Waals surface area (Å²) < 4.78 is 5.15. The molecule has 23 heavy (non-hydrogen) atoms. The first-order valence-corrected chi connectivity index (χ1v) is 7.70. The number of nitrogens with zero attached hydrogens (tertiary/aromatic N) is 2. The van der Waals surface area contributed by atoms with E-state index in [0.717, 1.165) is 29.2 Å². The number of hydrogen-bond acceptors (Lipinski definition) is 5. The number of carbonyl (C=O) groups excluding carboxylic acids is 1. The molecular weight excluding hydrogens is 290 g/mol. The molecular formula is C18H21N3O2. The van der Waals surface area contributed by atoms with E-state index in [2.05, 4.69) is 29.1 Å². The van der Waals surface area contributed by atoms with Crippen molar-refractivity contribution in [1.82, 2.24) is 9.97 Å². The van der Waals surface area contributed by atoms with Gasteiger partial charge in [0.25, 0.3) is 0 Å². The van der Waals surface area contributed by atoms with Crippen LogP contribution in [0.25, 0.3) is 0 Å². The van der Waals surface area contributed by atoms with Crippen LogP contribution in [-0.4, -0.2) is 22.9 Å². The fraction of sp³-hybridized carbons (Fsp3) is 0.389. The molecule has 0 saturated carbocycles. The summed E-state index contributed by atoms with van der Waals surface area (Å²) in [5.41, 5.74) is 3.11. The first kappa shape index (κ1) is 15.5. The lowest BCUT2D eigenvalue weighted by atomic mass is 9.75. The standard InChI is InChI=1S/C18H21N3O2/c1-11-16-14(9-18(2,3)10-15(16)22)21-17(19-11)20-12-5-7-13(23-4)8-6-12/h5-8H,9-10H2,1-4H3,(H,19,20,21). The molecule has 5 nitrogen and oxygen atoms in total. The summed E-state index contributed by atoms with van der Waals surface area (Å²) in [6.45, 7) is 6.07. The number of ketones is 1. The second kappa shape index (κ2) is 5.65. The highest BCUT2D eigenvalue weighted by molar-refractivity contribution is 5.99. The van der Waals surface area contributed by atoms with Gasteiger partial charge in [0, 0.05) is 12.1 Å². The Hall–Kier alpha value is -2.43. The fourth-order valence-electron chi connectivity index (χ4n) is 3.02. The lowest BCUT2D eigenvalue weighted by molar-refractivity contribution is 0.0909. The molecule has 5 heteroatoms. The minimum absolute atomic E-state index is 0.0533. The summed E-state index contributed by atoms with van der Waals surface area (Å²) >= 11 is 0. The van der Waals surface area contributed by atoms with E-state index in [9.17, 15) is 4.79 Å². The minimum atomic E-state index is -0.0533. The van der Waals surface area contributed by atoms with E-state index in [1.54, 1.807) is 7.11 Å². The van der Waals surface area contributed by atoms with Crippen molar-refractivity contribution in [3.8, 4) is 5.75 Å². The molecule has 0 amide bonds. The van der Waals surface area contributed by atoms with Gasteiger partial charge in [-0.15, -0.1) is 0 Å². The summed E-state index contributed by atoms with van der Waals surface area (Å²) in [5, 5.41) is 3.20. The third kappa shape index (κ3) is 3.18. The van der Waals surface area contributed by atoms with Crippen LogP contribution in [0.2, 0.25) is 0 Å². The second-order valence-electron chi connectivity index (χ2n) is 6.75. The number of nitrogens with one attached hydrogen (secondary N) is 1. The highest BCUT2D eigenvalue weighted by atomic mass is 16.5. The monoisotopic (exact) mass is 311 g/mol. The minimum Gasteiger partial charge on any atom is -0.497 e. The molecule has 1 N–H and O–H groups in total. The van der Waals surface area contributed by atoms with E-state index in [4.69, 9.17) is 4.74 Å². The van der Waals surface area contributed by atoms with E-state index in [1.807, 2.05) is 31.2 Å². The van der Waals surface area contributed by atoms with Gasteiger partial charge in [-0.1, -0.05) is 13.8 Å². The molecule has 0 bridgehead atoms. The number of fused-ring (bicyclic) bond motifs is 1. The Balaban J connectivity index is 1.92. The van der Waals surface area contributed by atoms with Crippen LogP contribution in [0.1, 0.15) is 42.0 Å². The van der Waals surface area contributed by atoms with E-state index in [-0.39, 0.29) is 11.2 Å². The maximum absolute atomic E-state index is 12.3. The zero-order valence-corrected chi connectivity index (χ0v) is 13.9. The molecule has 0 fully saturated rings. The number of rotatable bonds is 3. The van der Waals surface area contributed by atoms with Crippen LogP contribution in [0, 0.1) is 12.3 Å². The Kier molecular flexibility index (Phi) is 3.80. The summed E-state index contributed by atoms with van der Waals surface area (Å²) in [5.74, 6) is 1.46. The number of anilines is 2. The molecule has 120 valence electrons. The third-order valence-electron chi connectivity index (χ3n) is 4.07. The van der Waals surface area contributed by atoms with Gasteiger partial charge in [0.2, 0.25) is 5.95 Å². The van der Waals surface area contributed by atoms with Crippen molar-refractivity contribution in [3.63, 3.8) is 0 Å². The summed E-state index contributed by atoms with van der Waals surface area (Å²) in [6, 6.07) is 7.57. The van der Waals surface area contributed by atoms with Gasteiger partial charge in [-0.3, -0.25) is 4.79 Å². The predicted molar refractivity (Wildman–Crippen MR) is 89.5 cm³/mol. The van der Waals surface area contributed by atoms with Gasteiger partial charge in [-0.25, -0.2) is 9.97 Å². The van der Waals surface area contributed by atoms with Gasteiger partial charge < -0.3 is 10.1 Å². The van der Waals surface area contributed by atoms with Gasteiger partial charge in [-0.05, 0) is 43.0 Å². The Labute approximate surface area is 136 Å². The van der Waals surface area contributed by atoms with Crippen molar-refractivity contribution in [3.05, 3.63) is 41.2 Å². The molecule has 1 aliphatic rings. The largest absolute Gasteiger partial charge is 0.497 e. The predicted octanol–water partition coefficient (Wildman–Crippen LogP) is 3.69. The molecule has 0 atom stereocenters. The lowest BCUT2D eigenvalue weighted by Gasteiger charge is -2.30. The molecule has 1 aromatic heterocycles. The first-order valence-electron chi connectivity index (χ1n) is 7.70. The van der Waals surface area contributed by atoms with E-state index in [0.29, 0.717) is 17.9 Å². The fourth-order valence-corrected chi connectivity index (χ4v) is 3.02. The average molecular weight is 311 g/mol. The molecule has 2 aromatic rings. The van der Waals surface area contributed by atoms with Crippen LogP contribution in [0.15, 0.2) is 24.3 Å². The normalized spacial score (nSPS) is 15.9. The number of Topliss-reactive ketones (excluding diaryl/α,β-unsaturated/α-hetero) is 1. The van der Waals surface area contributed by atoms with Crippen molar-refractivity contribution in [2.45, 2.75) is 33.6 Å². The summed E-state index contributed by atoms with van der Waals surface area (Å²) in [6.07, 6.45) is 1.34. The van der Waals surface area contributed by atoms with E-state index in [1.165, 1.54) is 0 Å². The molecule has 0 radical (unpaired) electrons. The summed E-state index contributed by atoms with van der Waals surface area (Å²) in [4.78, 5) is 21.4. The molecule has 0 spiro atoms. The molecule has 3 rings (SSSR count). The Bertz CT molecular complexity index is 752. The van der Waals surface area contributed by atoms with Crippen LogP contribution < -0.4 is 10.1 Å². The molecule has 1 aromatic carbocycles. The maximum atomic E-state index is 12.3. The molecule has 1 aliphatic carbocycles. The molecule has 1 heterocycles. The van der Waals surface area contributed by atoms with Gasteiger partial charge in [-0.2, -0.15) is 0 Å². The topological polar surface area (TPSA) is 64.1 Å². The van der Waals surface area contributed by atoms with Crippen molar-refractivity contribution >= 4 is 17.4 Å². The number of aromatic nitrogens is 2. The molecule has 0 unspecified atom stereocenters. The number of ether oxygens (including phenoxy) is 1. The van der Waals surface area contributed by atoms with Crippen LogP contribution in [0.5, 0.6) is 5.75 Å². The van der Waals surface area contributed by atoms with Gasteiger partial charge in [0.15, 0.2) is 5.78 Å². The van der Waals surface area contributed by atoms with Gasteiger partial charge >= 0.3 is 0 Å². The SMILES string of the molecule is COc1ccc(Nc2nc(C)c3c(n2)CC(C)(C)CC3=O)cc1. The summed E-state index contributed by atoms with van der Waals surface area (Å²) in [7, 11) is 1.64. The van der Waals surface area contributed by atoms with Gasteiger partial charge in [0.05, 0.1) is 24.1 Å². The number of aryl methyl sites for hydroxylation is 1. The average Bonchev–Trinajstić information content (AvgIpc) is 2.45. The van der Waals surface area contributed by atoms with Crippen LogP contribution in [0.4, 0.5) is 11.6 Å². The Morgan fingerprint density at radius 2 is 1.83 bits per heavy atom. The number of carbonyl (C=O) groups is 1. The van der Waals surface area contributed by atoms with Gasteiger partial charge in [0.1, 0.15) is 5.75 Å². The Morgan fingerprint density at radius 3 is 2.48 bits per heavy atom. The Morgan fingerprint density at radius 1 is 1.13 bits per heavy atom.